The molecule has 414 valence electrons. The van der Waals surface area contributed by atoms with E-state index in [1.165, 1.54) is 0 Å². The van der Waals surface area contributed by atoms with E-state index in [4.69, 9.17) is 38.3 Å². The van der Waals surface area contributed by atoms with Crippen molar-refractivity contribution in [2.75, 3.05) is 19.8 Å². The van der Waals surface area contributed by atoms with Crippen LogP contribution in [-0.2, 0) is 42.7 Å². The fourth-order valence-corrected chi connectivity index (χ4v) is 15.2. The predicted molar refractivity (Wildman–Crippen MR) is 250 cm³/mol. The van der Waals surface area contributed by atoms with Gasteiger partial charge in [0.1, 0.15) is 86.3 Å². The third-order valence-electron chi connectivity index (χ3n) is 19.3. The van der Waals surface area contributed by atoms with Gasteiger partial charge in [0, 0.05) is 0 Å². The average molecular weight is 1030 g/mol. The number of aliphatic hydroxyl groups excluding tert-OH is 11. The number of ether oxygens (including phenoxy) is 7. The van der Waals surface area contributed by atoms with Crippen molar-refractivity contribution in [2.45, 2.75) is 230 Å². The van der Waals surface area contributed by atoms with Gasteiger partial charge in [0.2, 0.25) is 0 Å². The van der Waals surface area contributed by atoms with E-state index in [0.29, 0.717) is 38.5 Å². The average Bonchev–Trinajstić information content (AvgIpc) is 3.70. The zero-order valence-electron chi connectivity index (χ0n) is 42.9. The fraction of sp³-hybridized carbons (Fsp3) is 0.922. The Hall–Kier alpha value is -2.00. The maximum atomic E-state index is 12.7. The van der Waals surface area contributed by atoms with Crippen LogP contribution in [-0.4, -0.2) is 203 Å². The molecule has 12 N–H and O–H groups in total. The lowest BCUT2D eigenvalue weighted by molar-refractivity contribution is -0.378. The standard InChI is InChI=1S/C51H84O21/c1-23(2)10-9-14-51(8,72-45-42(65)38(61)35(58)26(20-52)67-45)24-11-16-50(7)34(24)25(54)18-30-48(5)15-13-31(47(3,4)29(48)12-17-49(30,50)6)70-46-43(40(63)36(59)27(21-53)68-46)71-44-41(64)39(62)37(60)28(69-44)22-66-33(57)19-32(55)56/h10,24-31,34-46,52-54,58-65H,9,11-22H2,1-8H3,(H,55,56)/t24-,25+,26+,27+,28+,29-,30?,31-,34?,35+,36+,37+,38-,39-,40-,41+,42+,43+,44-,45-,46-,48-,49+,50+,51-/m0/s1. The van der Waals surface area contributed by atoms with Crippen molar-refractivity contribution in [3.63, 3.8) is 0 Å². The largest absolute Gasteiger partial charge is 0.481 e. The van der Waals surface area contributed by atoms with E-state index in [1.54, 1.807) is 0 Å². The third-order valence-corrected chi connectivity index (χ3v) is 19.3. The molecule has 0 aromatic heterocycles. The highest BCUT2D eigenvalue weighted by Gasteiger charge is 2.72. The minimum Gasteiger partial charge on any atom is -0.481 e. The summed E-state index contributed by atoms with van der Waals surface area (Å²) in [5, 5.41) is 129. The van der Waals surface area contributed by atoms with Gasteiger partial charge in [-0.15, -0.1) is 0 Å². The molecule has 21 nitrogen and oxygen atoms in total. The van der Waals surface area contributed by atoms with Crippen LogP contribution in [0.4, 0.5) is 0 Å². The number of aliphatic hydroxyl groups is 11. The maximum absolute atomic E-state index is 12.7. The Morgan fingerprint density at radius 3 is 1.85 bits per heavy atom. The van der Waals surface area contributed by atoms with E-state index in [2.05, 4.69) is 40.7 Å². The van der Waals surface area contributed by atoms with Crippen LogP contribution in [0.1, 0.15) is 120 Å². The molecule has 0 radical (unpaired) electrons. The van der Waals surface area contributed by atoms with Crippen LogP contribution in [0.15, 0.2) is 11.6 Å². The molecule has 25 atom stereocenters. The Labute approximate surface area is 421 Å². The van der Waals surface area contributed by atoms with E-state index in [0.717, 1.165) is 24.8 Å². The van der Waals surface area contributed by atoms with Crippen LogP contribution in [0, 0.1) is 45.3 Å². The van der Waals surface area contributed by atoms with Gasteiger partial charge in [-0.05, 0) is 124 Å². The molecule has 0 spiro atoms. The Bertz CT molecular complexity index is 1920. The van der Waals surface area contributed by atoms with Crippen molar-refractivity contribution in [3.05, 3.63) is 11.6 Å². The van der Waals surface area contributed by atoms with Gasteiger partial charge >= 0.3 is 11.9 Å². The number of aliphatic carboxylic acids is 1. The summed E-state index contributed by atoms with van der Waals surface area (Å²) in [5.74, 6) is -2.92. The normalized spacial score (nSPS) is 48.8. The van der Waals surface area contributed by atoms with E-state index in [9.17, 15) is 65.8 Å². The summed E-state index contributed by atoms with van der Waals surface area (Å²) in [4.78, 5) is 23.0. The zero-order chi connectivity index (χ0) is 53.2. The molecule has 72 heavy (non-hydrogen) atoms. The molecule has 7 fully saturated rings. The van der Waals surface area contributed by atoms with Crippen molar-refractivity contribution in [2.24, 2.45) is 45.3 Å². The molecule has 7 rings (SSSR count). The molecule has 3 saturated heterocycles. The van der Waals surface area contributed by atoms with E-state index < -0.39 is 154 Å². The summed E-state index contributed by atoms with van der Waals surface area (Å²) in [6.07, 6.45) is -18.2. The molecule has 0 aromatic rings. The number of allylic oxidation sites excluding steroid dienone is 2. The number of fused-ring (bicyclic) bond motifs is 5. The topological polar surface area (TPSA) is 342 Å². The molecular weight excluding hydrogens is 949 g/mol. The van der Waals surface area contributed by atoms with E-state index in [1.807, 2.05) is 20.8 Å². The fourth-order valence-electron chi connectivity index (χ4n) is 15.2. The van der Waals surface area contributed by atoms with Gasteiger partial charge in [-0.2, -0.15) is 0 Å². The monoisotopic (exact) mass is 1030 g/mol. The second-order valence-corrected chi connectivity index (χ2v) is 24.0. The smallest absolute Gasteiger partial charge is 0.317 e. The SMILES string of the molecule is CC(C)=CCC[C@](C)(O[C@@H]1O[C@H](CO)[C@@H](O)[C@H](O)[C@H]1O)[C@H]1CC[C@]2(C)C1[C@H](O)CC1[C@@]3(C)CC[C@H](O[C@@H]4O[C@H](CO)[C@@H](O)[C@H](O)[C@H]4O[C@@H]4O[C@H](COC(=O)CC(=O)O)[C@@H](O)[C@H](O)[C@H]4O)C(C)(C)[C@@H]3CC[C@]12C. The summed E-state index contributed by atoms with van der Waals surface area (Å²) in [7, 11) is 0. The molecule has 3 heterocycles. The summed E-state index contributed by atoms with van der Waals surface area (Å²) < 4.78 is 42.3. The zero-order valence-corrected chi connectivity index (χ0v) is 42.9. The van der Waals surface area contributed by atoms with E-state index in [-0.39, 0.29) is 39.9 Å². The Kier molecular flexibility index (Phi) is 17.5. The summed E-state index contributed by atoms with van der Waals surface area (Å²) in [5.41, 5.74) is -1.36. The summed E-state index contributed by atoms with van der Waals surface area (Å²) >= 11 is 0. The summed E-state index contributed by atoms with van der Waals surface area (Å²) in [6.45, 7) is 15.2. The maximum Gasteiger partial charge on any atom is 0.317 e. The highest BCUT2D eigenvalue weighted by atomic mass is 16.8. The number of carbonyl (C=O) groups is 2. The number of rotatable bonds is 16. The van der Waals surface area contributed by atoms with Gasteiger partial charge in [-0.3, -0.25) is 9.59 Å². The first-order valence-electron chi connectivity index (χ1n) is 25.9. The quantitative estimate of drug-likeness (QED) is 0.0419. The first-order valence-corrected chi connectivity index (χ1v) is 25.9. The molecule has 4 aliphatic carbocycles. The Morgan fingerprint density at radius 1 is 0.667 bits per heavy atom. The predicted octanol–water partition coefficient (Wildman–Crippen LogP) is -0.00120. The molecule has 0 bridgehead atoms. The number of hydrogen-bond acceptors (Lipinski definition) is 20. The molecule has 2 unspecified atom stereocenters. The second-order valence-electron chi connectivity index (χ2n) is 24.0. The van der Waals surface area contributed by atoms with Crippen LogP contribution < -0.4 is 0 Å². The highest BCUT2D eigenvalue weighted by Crippen LogP contribution is 2.76. The summed E-state index contributed by atoms with van der Waals surface area (Å²) in [6, 6.07) is 0. The number of carbonyl (C=O) groups excluding carboxylic acids is 1. The van der Waals surface area contributed by atoms with Crippen LogP contribution in [0.3, 0.4) is 0 Å². The molecule has 7 aliphatic rings. The van der Waals surface area contributed by atoms with Crippen LogP contribution in [0.25, 0.3) is 0 Å². The van der Waals surface area contributed by atoms with Crippen molar-refractivity contribution in [3.8, 4) is 0 Å². The minimum atomic E-state index is -1.93. The van der Waals surface area contributed by atoms with Crippen molar-refractivity contribution in [1.82, 2.24) is 0 Å². The Balaban J connectivity index is 1.11. The number of hydrogen-bond donors (Lipinski definition) is 12. The van der Waals surface area contributed by atoms with Gasteiger partial charge in [-0.25, -0.2) is 0 Å². The van der Waals surface area contributed by atoms with Gasteiger partial charge < -0.3 is 94.4 Å². The molecule has 21 heteroatoms. The van der Waals surface area contributed by atoms with E-state index >= 15 is 0 Å². The first-order chi connectivity index (χ1) is 33.6. The van der Waals surface area contributed by atoms with Gasteiger partial charge in [-0.1, -0.05) is 46.3 Å². The molecule has 0 aromatic carbocycles. The second kappa shape index (κ2) is 21.8. The third kappa shape index (κ3) is 10.3. The molecule has 0 amide bonds. The van der Waals surface area contributed by atoms with Crippen molar-refractivity contribution < 1.29 is 104 Å². The number of carboxylic acids is 1. The molecule has 4 saturated carbocycles. The van der Waals surface area contributed by atoms with Crippen LogP contribution in [0.5, 0.6) is 0 Å². The minimum absolute atomic E-state index is 0.0343. The molecular formula is C51H84O21. The van der Waals surface area contributed by atoms with Gasteiger partial charge in [0.15, 0.2) is 18.9 Å². The van der Waals surface area contributed by atoms with Gasteiger partial charge in [0.05, 0.1) is 31.0 Å². The van der Waals surface area contributed by atoms with Crippen LogP contribution in [0.2, 0.25) is 0 Å². The lowest BCUT2D eigenvalue weighted by atomic mass is 9.35. The van der Waals surface area contributed by atoms with Crippen molar-refractivity contribution >= 4 is 11.9 Å². The van der Waals surface area contributed by atoms with Gasteiger partial charge in [0.25, 0.3) is 0 Å². The van der Waals surface area contributed by atoms with Crippen molar-refractivity contribution in [1.29, 1.82) is 0 Å². The first kappa shape index (κ1) is 57.7. The molecule has 3 aliphatic heterocycles. The highest BCUT2D eigenvalue weighted by molar-refractivity contribution is 5.90. The lowest BCUT2D eigenvalue weighted by Crippen LogP contribution is -2.68. The number of esters is 1. The number of carboxylic acid groups (broad SMARTS) is 1. The lowest BCUT2D eigenvalue weighted by Gasteiger charge is -2.71. The Morgan fingerprint density at radius 2 is 1.24 bits per heavy atom. The van der Waals surface area contributed by atoms with Crippen LogP contribution >= 0.6 is 0 Å².